The minimum Gasteiger partial charge on any atom is -0.398 e. The lowest BCUT2D eigenvalue weighted by Crippen LogP contribution is -2.48. The molecule has 1 aromatic rings. The Kier molecular flexibility index (Phi) is 5.40. The van der Waals surface area contributed by atoms with Crippen LogP contribution in [0.25, 0.3) is 0 Å². The molecule has 1 fully saturated rings. The van der Waals surface area contributed by atoms with Crippen LogP contribution in [0.4, 0.5) is 11.4 Å². The largest absolute Gasteiger partial charge is 0.406 e. The second-order valence-electron chi connectivity index (χ2n) is 5.26. The fourth-order valence-electron chi connectivity index (χ4n) is 2.39. The molecule has 24 heavy (non-hydrogen) atoms. The van der Waals surface area contributed by atoms with Crippen LogP contribution in [0.15, 0.2) is 18.2 Å². The van der Waals surface area contributed by atoms with Crippen molar-refractivity contribution in [1.82, 2.24) is 4.72 Å². The lowest BCUT2D eigenvalue weighted by atomic mass is 10.1. The Morgan fingerprint density at radius 2 is 1.88 bits per heavy atom. The van der Waals surface area contributed by atoms with Crippen molar-refractivity contribution >= 4 is 31.8 Å². The fraction of sp³-hybridized carbons (Fsp3) is 0.538. The van der Waals surface area contributed by atoms with Crippen molar-refractivity contribution in [3.8, 4) is 0 Å². The number of nitrogens with two attached hydrogens (primary N) is 1. The van der Waals surface area contributed by atoms with Crippen molar-refractivity contribution < 1.29 is 25.2 Å². The summed E-state index contributed by atoms with van der Waals surface area (Å²) in [5, 5.41) is 0. The summed E-state index contributed by atoms with van der Waals surface area (Å²) in [6.07, 6.45) is 0. The molecule has 11 heteroatoms. The predicted octanol–water partition coefficient (Wildman–Crippen LogP) is 0.671. The van der Waals surface area contributed by atoms with Crippen LogP contribution in [0.5, 0.6) is 0 Å². The van der Waals surface area contributed by atoms with E-state index in [2.05, 4.69) is 18.0 Å². The first-order valence-corrected chi connectivity index (χ1v) is 10.2. The summed E-state index contributed by atoms with van der Waals surface area (Å²) in [5.74, 6) is 0. The van der Waals surface area contributed by atoms with E-state index in [-0.39, 0.29) is 0 Å². The maximum Gasteiger partial charge on any atom is 0.406 e. The maximum absolute atomic E-state index is 12.0. The zero-order chi connectivity index (χ0) is 18.1. The molecule has 0 aromatic heterocycles. The third-order valence-corrected chi connectivity index (χ3v) is 6.10. The van der Waals surface area contributed by atoms with E-state index in [0.717, 1.165) is 18.8 Å². The molecule has 1 aromatic carbocycles. The summed E-state index contributed by atoms with van der Waals surface area (Å²) in [7, 11) is -8.34. The third kappa shape index (κ3) is 3.98. The van der Waals surface area contributed by atoms with Crippen LogP contribution in [0.3, 0.4) is 0 Å². The molecule has 1 saturated heterocycles. The van der Waals surface area contributed by atoms with E-state index in [0.29, 0.717) is 11.3 Å². The summed E-state index contributed by atoms with van der Waals surface area (Å²) >= 11 is 0. The van der Waals surface area contributed by atoms with Crippen LogP contribution in [0.2, 0.25) is 0 Å². The average Bonchev–Trinajstić information content (AvgIpc) is 2.47. The molecule has 0 amide bonds. The molecule has 1 atom stereocenters. The molecule has 1 heterocycles. The SMILES string of the molecule is CCN(CC)c1ccc(N)c(C(C)NS(=O)(=O)C2OS(=O)(=O)O2)c1. The third-order valence-electron chi connectivity index (χ3n) is 3.65. The summed E-state index contributed by atoms with van der Waals surface area (Å²) in [6, 6.07) is 4.67. The van der Waals surface area contributed by atoms with Crippen LogP contribution in [-0.2, 0) is 28.8 Å². The number of hydrogen-bond acceptors (Lipinski definition) is 8. The molecule has 1 aliphatic heterocycles. The number of nitrogen functional groups attached to an aromatic ring is 1. The van der Waals surface area contributed by atoms with E-state index in [4.69, 9.17) is 5.73 Å². The van der Waals surface area contributed by atoms with Crippen molar-refractivity contribution in [2.24, 2.45) is 0 Å². The van der Waals surface area contributed by atoms with Gasteiger partial charge in [0, 0.05) is 30.5 Å². The number of nitrogens with one attached hydrogen (secondary N) is 1. The predicted molar refractivity (Wildman–Crippen MR) is 89.8 cm³/mol. The topological polar surface area (TPSA) is 128 Å². The highest BCUT2D eigenvalue weighted by molar-refractivity contribution is 7.92. The Morgan fingerprint density at radius 1 is 1.29 bits per heavy atom. The average molecular weight is 379 g/mol. The van der Waals surface area contributed by atoms with Gasteiger partial charge in [0.25, 0.3) is 10.0 Å². The van der Waals surface area contributed by atoms with Gasteiger partial charge in [-0.1, -0.05) is 0 Å². The molecule has 0 spiro atoms. The van der Waals surface area contributed by atoms with E-state index < -0.39 is 32.1 Å². The first-order chi connectivity index (χ1) is 11.1. The van der Waals surface area contributed by atoms with Gasteiger partial charge in [0.1, 0.15) is 0 Å². The normalized spacial score (nSPS) is 18.8. The van der Waals surface area contributed by atoms with Crippen LogP contribution in [0, 0.1) is 0 Å². The number of benzene rings is 1. The van der Waals surface area contributed by atoms with E-state index >= 15 is 0 Å². The zero-order valence-corrected chi connectivity index (χ0v) is 15.2. The molecule has 9 nitrogen and oxygen atoms in total. The van der Waals surface area contributed by atoms with Crippen LogP contribution in [-0.4, -0.2) is 35.5 Å². The standard InChI is InChI=1S/C13H21N3O6S2/c1-4-16(5-2)10-6-7-12(14)11(8-10)9(3)15-23(17,18)13-21-24(19,20)22-13/h6-9,13,15H,4-5,14H2,1-3H3. The van der Waals surface area contributed by atoms with Gasteiger partial charge in [0.2, 0.25) is 0 Å². The minimum absolute atomic E-state index is 0.421. The van der Waals surface area contributed by atoms with Crippen molar-refractivity contribution in [2.45, 2.75) is 32.4 Å². The Morgan fingerprint density at radius 3 is 2.38 bits per heavy atom. The molecule has 2 rings (SSSR count). The smallest absolute Gasteiger partial charge is 0.398 e. The second-order valence-corrected chi connectivity index (χ2v) is 8.17. The maximum atomic E-state index is 12.0. The van der Waals surface area contributed by atoms with E-state index in [1.807, 2.05) is 19.9 Å². The van der Waals surface area contributed by atoms with Crippen LogP contribution in [0.1, 0.15) is 32.4 Å². The second kappa shape index (κ2) is 6.84. The number of sulfonamides is 1. The monoisotopic (exact) mass is 379 g/mol. The molecule has 136 valence electrons. The van der Waals surface area contributed by atoms with Gasteiger partial charge in [-0.2, -0.15) is 16.8 Å². The number of rotatable bonds is 7. The summed E-state index contributed by atoms with van der Waals surface area (Å²) in [6.45, 7) is 7.21. The quantitative estimate of drug-likeness (QED) is 0.662. The van der Waals surface area contributed by atoms with Gasteiger partial charge in [-0.25, -0.2) is 13.1 Å². The first kappa shape index (κ1) is 18.9. The van der Waals surface area contributed by atoms with Gasteiger partial charge in [0.15, 0.2) is 0 Å². The lowest BCUT2D eigenvalue weighted by molar-refractivity contribution is -0.0183. The highest BCUT2D eigenvalue weighted by Gasteiger charge is 2.46. The van der Waals surface area contributed by atoms with Gasteiger partial charge < -0.3 is 10.6 Å². The molecule has 1 aliphatic rings. The Hall–Kier alpha value is -1.40. The molecule has 0 bridgehead atoms. The molecular formula is C13H21N3O6S2. The summed E-state index contributed by atoms with van der Waals surface area (Å²) in [5.41, 5.74) is 5.97. The Balaban J connectivity index is 2.20. The van der Waals surface area contributed by atoms with Gasteiger partial charge >= 0.3 is 16.0 Å². The van der Waals surface area contributed by atoms with Crippen molar-refractivity contribution in [3.63, 3.8) is 0 Å². The molecular weight excluding hydrogens is 358 g/mol. The zero-order valence-electron chi connectivity index (χ0n) is 13.6. The molecule has 1 unspecified atom stereocenters. The van der Waals surface area contributed by atoms with Crippen molar-refractivity contribution in [2.75, 3.05) is 23.7 Å². The van der Waals surface area contributed by atoms with E-state index in [1.165, 1.54) is 0 Å². The molecule has 0 aliphatic carbocycles. The summed E-state index contributed by atoms with van der Waals surface area (Å²) < 4.78 is 56.4. The first-order valence-electron chi connectivity index (χ1n) is 7.36. The van der Waals surface area contributed by atoms with Crippen molar-refractivity contribution in [3.05, 3.63) is 23.8 Å². The van der Waals surface area contributed by atoms with E-state index in [1.54, 1.807) is 19.1 Å². The highest BCUT2D eigenvalue weighted by atomic mass is 32.3. The number of hydrogen-bond donors (Lipinski definition) is 2. The highest BCUT2D eigenvalue weighted by Crippen LogP contribution is 2.29. The van der Waals surface area contributed by atoms with E-state index in [9.17, 15) is 16.8 Å². The molecule has 3 N–H and O–H groups in total. The van der Waals surface area contributed by atoms with Gasteiger partial charge in [-0.3, -0.25) is 0 Å². The lowest BCUT2D eigenvalue weighted by Gasteiger charge is -2.27. The summed E-state index contributed by atoms with van der Waals surface area (Å²) in [4.78, 5) is 2.09. The fourth-order valence-corrected chi connectivity index (χ4v) is 4.93. The molecule has 0 radical (unpaired) electrons. The Labute approximate surface area is 142 Å². The molecule has 0 saturated carbocycles. The van der Waals surface area contributed by atoms with Crippen molar-refractivity contribution in [1.29, 1.82) is 0 Å². The minimum atomic E-state index is -4.20. The van der Waals surface area contributed by atoms with Gasteiger partial charge in [-0.15, -0.1) is 0 Å². The number of anilines is 2. The van der Waals surface area contributed by atoms with Gasteiger partial charge in [-0.05, 0) is 44.5 Å². The number of nitrogens with zero attached hydrogens (tertiary/aromatic N) is 1. The van der Waals surface area contributed by atoms with Crippen LogP contribution < -0.4 is 15.4 Å². The van der Waals surface area contributed by atoms with Gasteiger partial charge in [0.05, 0.1) is 0 Å². The van der Waals surface area contributed by atoms with Crippen LogP contribution >= 0.6 is 0 Å². The Bertz CT molecular complexity index is 793.